The average molecular weight is 347 g/mol. The Hall–Kier alpha value is -2.28. The molecule has 0 fully saturated rings. The Morgan fingerprint density at radius 3 is 2.04 bits per heavy atom. The van der Waals surface area contributed by atoms with Gasteiger partial charge in [0.1, 0.15) is 5.75 Å². The van der Waals surface area contributed by atoms with Gasteiger partial charge in [-0.2, -0.15) is 0 Å². The van der Waals surface area contributed by atoms with Crippen molar-refractivity contribution in [2.75, 3.05) is 7.11 Å². The third-order valence-corrected chi connectivity index (χ3v) is 6.26. The Morgan fingerprint density at radius 1 is 0.846 bits per heavy atom. The van der Waals surface area contributed by atoms with Crippen molar-refractivity contribution in [3.63, 3.8) is 0 Å². The Bertz CT molecular complexity index is 882. The van der Waals surface area contributed by atoms with Crippen molar-refractivity contribution in [1.29, 1.82) is 0 Å². The second-order valence-corrected chi connectivity index (χ2v) is 7.97. The van der Waals surface area contributed by atoms with E-state index < -0.39 is 0 Å². The van der Waals surface area contributed by atoms with Gasteiger partial charge in [-0.1, -0.05) is 80.4 Å². The van der Waals surface area contributed by atoms with Gasteiger partial charge in [0.05, 0.1) is 7.11 Å². The van der Waals surface area contributed by atoms with Crippen LogP contribution in [-0.2, 0) is 5.41 Å². The highest BCUT2D eigenvalue weighted by Gasteiger charge is 2.36. The highest BCUT2D eigenvalue weighted by Crippen LogP contribution is 2.50. The van der Waals surface area contributed by atoms with Crippen molar-refractivity contribution in [2.45, 2.75) is 47.0 Å². The molecule has 0 saturated heterocycles. The maximum Gasteiger partial charge on any atom is 0.130 e. The van der Waals surface area contributed by atoms with Gasteiger partial charge in [-0.15, -0.1) is 0 Å². The van der Waals surface area contributed by atoms with E-state index in [-0.39, 0.29) is 5.41 Å². The molecular formula is C25H30O. The molecule has 0 saturated carbocycles. The third kappa shape index (κ3) is 2.80. The van der Waals surface area contributed by atoms with Gasteiger partial charge >= 0.3 is 0 Å². The van der Waals surface area contributed by atoms with Crippen LogP contribution < -0.4 is 4.74 Å². The maximum atomic E-state index is 5.96. The van der Waals surface area contributed by atoms with Gasteiger partial charge in [0, 0.05) is 16.5 Å². The van der Waals surface area contributed by atoms with Crippen molar-refractivity contribution in [3.8, 4) is 16.9 Å². The molecule has 1 aliphatic carbocycles. The molecule has 3 rings (SSSR count). The lowest BCUT2D eigenvalue weighted by Crippen LogP contribution is -2.23. The van der Waals surface area contributed by atoms with E-state index >= 15 is 0 Å². The number of allylic oxidation sites excluding steroid dienone is 4. The van der Waals surface area contributed by atoms with Gasteiger partial charge in [-0.05, 0) is 43.4 Å². The molecule has 0 heterocycles. The van der Waals surface area contributed by atoms with Crippen LogP contribution in [0.5, 0.6) is 5.75 Å². The Labute approximate surface area is 158 Å². The van der Waals surface area contributed by atoms with Crippen LogP contribution in [0.25, 0.3) is 11.1 Å². The molecule has 1 nitrogen and oxygen atoms in total. The van der Waals surface area contributed by atoms with Crippen LogP contribution in [0.1, 0.15) is 47.1 Å². The van der Waals surface area contributed by atoms with Gasteiger partial charge in [0.2, 0.25) is 0 Å². The molecule has 1 unspecified atom stereocenters. The fourth-order valence-electron chi connectivity index (χ4n) is 4.55. The van der Waals surface area contributed by atoms with Crippen molar-refractivity contribution in [3.05, 3.63) is 76.4 Å². The molecule has 1 heteroatoms. The van der Waals surface area contributed by atoms with Crippen molar-refractivity contribution in [2.24, 2.45) is 5.92 Å². The lowest BCUT2D eigenvalue weighted by atomic mass is 9.73. The molecule has 1 aliphatic rings. The summed E-state index contributed by atoms with van der Waals surface area (Å²) in [6, 6.07) is 17.0. The fraction of sp³-hybridized carbons (Fsp3) is 0.360. The zero-order chi connectivity index (χ0) is 19.1. The summed E-state index contributed by atoms with van der Waals surface area (Å²) in [6.07, 6.45) is 0. The van der Waals surface area contributed by atoms with Gasteiger partial charge in [0.25, 0.3) is 0 Å². The van der Waals surface area contributed by atoms with E-state index in [1.807, 2.05) is 0 Å². The van der Waals surface area contributed by atoms with Crippen LogP contribution in [-0.4, -0.2) is 7.11 Å². The Kier molecular flexibility index (Phi) is 4.84. The number of ether oxygens (including phenoxy) is 1. The average Bonchev–Trinajstić information content (AvgIpc) is 2.85. The van der Waals surface area contributed by atoms with Gasteiger partial charge in [0.15, 0.2) is 0 Å². The summed E-state index contributed by atoms with van der Waals surface area (Å²) in [7, 11) is 1.79. The van der Waals surface area contributed by atoms with Gasteiger partial charge < -0.3 is 4.74 Å². The monoisotopic (exact) mass is 346 g/mol. The minimum Gasteiger partial charge on any atom is -0.496 e. The number of hydrogen-bond acceptors (Lipinski definition) is 1. The van der Waals surface area contributed by atoms with Crippen LogP contribution in [0.4, 0.5) is 0 Å². The summed E-state index contributed by atoms with van der Waals surface area (Å²) in [5.74, 6) is 1.50. The summed E-state index contributed by atoms with van der Waals surface area (Å²) in [6.45, 7) is 13.8. The second-order valence-electron chi connectivity index (χ2n) is 7.97. The number of rotatable bonds is 4. The van der Waals surface area contributed by atoms with Crippen molar-refractivity contribution < 1.29 is 4.74 Å². The molecule has 0 aliphatic heterocycles. The minimum absolute atomic E-state index is 0.115. The third-order valence-electron chi connectivity index (χ3n) is 6.26. The molecule has 0 N–H and O–H groups in total. The number of methoxy groups -OCH3 is 1. The molecule has 136 valence electrons. The zero-order valence-electron chi connectivity index (χ0n) is 17.1. The maximum absolute atomic E-state index is 5.96. The molecular weight excluding hydrogens is 316 g/mol. The van der Waals surface area contributed by atoms with Crippen LogP contribution in [0.2, 0.25) is 0 Å². The van der Waals surface area contributed by atoms with Gasteiger partial charge in [-0.25, -0.2) is 0 Å². The first-order chi connectivity index (χ1) is 12.3. The van der Waals surface area contributed by atoms with Gasteiger partial charge in [-0.3, -0.25) is 0 Å². The van der Waals surface area contributed by atoms with Crippen molar-refractivity contribution in [1.82, 2.24) is 0 Å². The number of benzene rings is 2. The topological polar surface area (TPSA) is 9.23 Å². The highest BCUT2D eigenvalue weighted by atomic mass is 16.5. The standard InChI is InChI=1S/C25H30O/c1-16-17(2)19(4)23(18(16)3)25(5,6)22-15-11-14-21(24(22)26-7)20-12-9-8-10-13-20/h8-16H,1-7H3. The SMILES string of the molecule is COc1c(-c2ccccc2)cccc1C(C)(C)C1=C(C)C(C)C(C)=C1C. The second kappa shape index (κ2) is 6.79. The van der Waals surface area contributed by atoms with Crippen LogP contribution >= 0.6 is 0 Å². The first kappa shape index (κ1) is 18.5. The molecule has 0 amide bonds. The summed E-state index contributed by atoms with van der Waals surface area (Å²) in [5, 5.41) is 0. The molecule has 0 aromatic heterocycles. The highest BCUT2D eigenvalue weighted by molar-refractivity contribution is 5.74. The Balaban J connectivity index is 2.21. The molecule has 1 atom stereocenters. The van der Waals surface area contributed by atoms with E-state index in [0.717, 1.165) is 11.3 Å². The molecule has 2 aromatic rings. The van der Waals surface area contributed by atoms with E-state index in [0.29, 0.717) is 5.92 Å². The molecule has 26 heavy (non-hydrogen) atoms. The van der Waals surface area contributed by atoms with E-state index in [2.05, 4.69) is 90.1 Å². The largest absolute Gasteiger partial charge is 0.496 e. The number of para-hydroxylation sites is 1. The number of hydrogen-bond donors (Lipinski definition) is 0. The molecule has 2 aromatic carbocycles. The zero-order valence-corrected chi connectivity index (χ0v) is 17.1. The Morgan fingerprint density at radius 2 is 1.50 bits per heavy atom. The summed E-state index contributed by atoms with van der Waals surface area (Å²) >= 11 is 0. The lowest BCUT2D eigenvalue weighted by Gasteiger charge is -2.32. The lowest BCUT2D eigenvalue weighted by molar-refractivity contribution is 0.402. The van der Waals surface area contributed by atoms with Crippen molar-refractivity contribution >= 4 is 0 Å². The normalized spacial score (nSPS) is 17.9. The van der Waals surface area contributed by atoms with Crippen LogP contribution in [0.15, 0.2) is 70.8 Å². The minimum atomic E-state index is -0.115. The summed E-state index contributed by atoms with van der Waals surface area (Å²) < 4.78 is 5.96. The van der Waals surface area contributed by atoms with E-state index in [4.69, 9.17) is 4.74 Å². The summed E-state index contributed by atoms with van der Waals surface area (Å²) in [5.41, 5.74) is 9.35. The fourth-order valence-corrected chi connectivity index (χ4v) is 4.55. The first-order valence-electron chi connectivity index (χ1n) is 9.42. The van der Waals surface area contributed by atoms with Crippen LogP contribution in [0.3, 0.4) is 0 Å². The van der Waals surface area contributed by atoms with E-state index in [1.54, 1.807) is 7.11 Å². The quantitative estimate of drug-likeness (QED) is 0.582. The summed E-state index contributed by atoms with van der Waals surface area (Å²) in [4.78, 5) is 0. The van der Waals surface area contributed by atoms with Crippen LogP contribution in [0, 0.1) is 5.92 Å². The predicted molar refractivity (Wildman–Crippen MR) is 112 cm³/mol. The molecule has 0 bridgehead atoms. The molecule has 0 spiro atoms. The predicted octanol–water partition coefficient (Wildman–Crippen LogP) is 6.94. The van der Waals surface area contributed by atoms with E-state index in [9.17, 15) is 0 Å². The molecule has 0 radical (unpaired) electrons. The van der Waals surface area contributed by atoms with E-state index in [1.165, 1.54) is 33.4 Å². The first-order valence-corrected chi connectivity index (χ1v) is 9.42. The smallest absolute Gasteiger partial charge is 0.130 e.